The molecule has 0 aliphatic carbocycles. The van der Waals surface area contributed by atoms with Crippen LogP contribution in [-0.4, -0.2) is 24.1 Å². The summed E-state index contributed by atoms with van der Waals surface area (Å²) in [4.78, 5) is 35.7. The monoisotopic (exact) mass is 368 g/mol. The van der Waals surface area contributed by atoms with E-state index in [1.807, 2.05) is 0 Å². The number of methoxy groups -OCH3 is 1. The van der Waals surface area contributed by atoms with Crippen LogP contribution in [0.5, 0.6) is 5.75 Å². The van der Waals surface area contributed by atoms with E-state index in [2.05, 4.69) is 5.32 Å². The van der Waals surface area contributed by atoms with Gasteiger partial charge in [-0.1, -0.05) is 12.1 Å². The third-order valence-corrected chi connectivity index (χ3v) is 3.96. The first-order chi connectivity index (χ1) is 13.0. The number of fused-ring (bicyclic) bond motifs is 1. The average Bonchev–Trinajstić information content (AvgIpc) is 2.70. The molecule has 0 atom stereocenters. The first-order valence-corrected chi connectivity index (χ1v) is 7.95. The number of amides is 2. The zero-order valence-electron chi connectivity index (χ0n) is 14.3. The number of hydroxylamine groups is 1. The van der Waals surface area contributed by atoms with Gasteiger partial charge in [0.25, 0.3) is 11.8 Å². The molecule has 1 heterocycles. The van der Waals surface area contributed by atoms with Crippen molar-refractivity contribution in [3.05, 3.63) is 75.6 Å². The largest absolute Gasteiger partial charge is 0.497 e. The van der Waals surface area contributed by atoms with Gasteiger partial charge in [0.15, 0.2) is 0 Å². The molecule has 27 heavy (non-hydrogen) atoms. The average molecular weight is 368 g/mol. The van der Waals surface area contributed by atoms with Crippen molar-refractivity contribution < 1.29 is 24.0 Å². The van der Waals surface area contributed by atoms with Crippen molar-refractivity contribution in [2.75, 3.05) is 7.11 Å². The second kappa shape index (κ2) is 7.71. The summed E-state index contributed by atoms with van der Waals surface area (Å²) in [5.74, 6) is -0.657. The van der Waals surface area contributed by atoms with Gasteiger partial charge in [0.1, 0.15) is 16.9 Å². The highest BCUT2D eigenvalue weighted by Crippen LogP contribution is 2.20. The molecular weight excluding hydrogens is 352 g/mol. The summed E-state index contributed by atoms with van der Waals surface area (Å²) in [6, 6.07) is 12.7. The third kappa shape index (κ3) is 3.96. The summed E-state index contributed by atoms with van der Waals surface area (Å²) in [7, 11) is 1.50. The molecule has 8 nitrogen and oxygen atoms in total. The van der Waals surface area contributed by atoms with Crippen LogP contribution in [0.1, 0.15) is 26.3 Å². The van der Waals surface area contributed by atoms with Crippen LogP contribution in [0.15, 0.2) is 57.7 Å². The zero-order valence-corrected chi connectivity index (χ0v) is 14.3. The Morgan fingerprint density at radius 1 is 1.07 bits per heavy atom. The molecule has 0 spiro atoms. The van der Waals surface area contributed by atoms with Crippen LogP contribution in [0, 0.1) is 0 Å². The summed E-state index contributed by atoms with van der Waals surface area (Å²) < 4.78 is 10.3. The number of nitrogens with one attached hydrogen (secondary N) is 2. The Bertz CT molecular complexity index is 1060. The summed E-state index contributed by atoms with van der Waals surface area (Å²) in [6.45, 7) is 0.153. The molecule has 1 aromatic heterocycles. The molecule has 3 rings (SSSR count). The number of carbonyl (C=O) groups excluding carboxylic acids is 2. The highest BCUT2D eigenvalue weighted by Gasteiger charge is 2.14. The maximum absolute atomic E-state index is 12.3. The fourth-order valence-corrected chi connectivity index (χ4v) is 2.49. The molecule has 8 heteroatoms. The Labute approximate surface area is 153 Å². The molecule has 0 saturated carbocycles. The molecule has 3 aromatic rings. The van der Waals surface area contributed by atoms with Gasteiger partial charge < -0.3 is 14.5 Å². The van der Waals surface area contributed by atoms with E-state index in [1.165, 1.54) is 30.8 Å². The van der Waals surface area contributed by atoms with Gasteiger partial charge in [-0.05, 0) is 35.9 Å². The molecule has 0 aliphatic heterocycles. The second-order valence-corrected chi connectivity index (χ2v) is 5.67. The highest BCUT2D eigenvalue weighted by molar-refractivity contribution is 5.96. The van der Waals surface area contributed by atoms with Crippen LogP contribution >= 0.6 is 0 Å². The van der Waals surface area contributed by atoms with Crippen molar-refractivity contribution in [2.24, 2.45) is 0 Å². The molecule has 3 N–H and O–H groups in total. The predicted octanol–water partition coefficient (Wildman–Crippen LogP) is 1.85. The molecule has 0 unspecified atom stereocenters. The summed E-state index contributed by atoms with van der Waals surface area (Å²) in [5, 5.41) is 11.8. The number of hydrogen-bond donors (Lipinski definition) is 3. The van der Waals surface area contributed by atoms with E-state index in [4.69, 9.17) is 14.4 Å². The number of hydrogen-bond acceptors (Lipinski definition) is 6. The lowest BCUT2D eigenvalue weighted by molar-refractivity contribution is 0.0706. The molecule has 0 fully saturated rings. The number of rotatable bonds is 5. The Kier molecular flexibility index (Phi) is 5.18. The van der Waals surface area contributed by atoms with Crippen molar-refractivity contribution in [2.45, 2.75) is 6.54 Å². The van der Waals surface area contributed by atoms with Crippen molar-refractivity contribution >= 4 is 22.8 Å². The Morgan fingerprint density at radius 2 is 1.81 bits per heavy atom. The maximum Gasteiger partial charge on any atom is 0.349 e. The van der Waals surface area contributed by atoms with Crippen LogP contribution in [0.2, 0.25) is 0 Å². The number of carbonyl (C=O) groups is 2. The van der Waals surface area contributed by atoms with E-state index in [0.29, 0.717) is 22.3 Å². The SMILES string of the molecule is COc1ccc2cc(C(=O)NCc3ccc(C(=O)NO)cc3)c(=O)oc2c1. The van der Waals surface area contributed by atoms with Crippen LogP contribution in [0.4, 0.5) is 0 Å². The molecule has 2 amide bonds. The Morgan fingerprint density at radius 3 is 2.48 bits per heavy atom. The van der Waals surface area contributed by atoms with E-state index >= 15 is 0 Å². The normalized spacial score (nSPS) is 10.4. The van der Waals surface area contributed by atoms with Crippen LogP contribution in [-0.2, 0) is 6.54 Å². The minimum Gasteiger partial charge on any atom is -0.497 e. The standard InChI is InChI=1S/C19H16N2O6/c1-26-14-7-6-13-8-15(19(24)27-16(13)9-14)18(23)20-10-11-2-4-12(5-3-11)17(22)21-25/h2-9,25H,10H2,1H3,(H,20,23)(H,21,22). The van der Waals surface area contributed by atoms with Crippen LogP contribution in [0.25, 0.3) is 11.0 Å². The van der Waals surface area contributed by atoms with E-state index < -0.39 is 17.4 Å². The Hall–Kier alpha value is -3.65. The highest BCUT2D eigenvalue weighted by atomic mass is 16.5. The fraction of sp³-hybridized carbons (Fsp3) is 0.105. The van der Waals surface area contributed by atoms with Gasteiger partial charge in [0.05, 0.1) is 7.11 Å². The molecule has 0 aliphatic rings. The van der Waals surface area contributed by atoms with E-state index in [9.17, 15) is 14.4 Å². The van der Waals surface area contributed by atoms with Crippen molar-refractivity contribution in [1.29, 1.82) is 0 Å². The van der Waals surface area contributed by atoms with Crippen molar-refractivity contribution in [3.63, 3.8) is 0 Å². The van der Waals surface area contributed by atoms with Crippen molar-refractivity contribution in [1.82, 2.24) is 10.8 Å². The third-order valence-electron chi connectivity index (χ3n) is 3.96. The van der Waals surface area contributed by atoms with Gasteiger partial charge in [0.2, 0.25) is 0 Å². The molecule has 138 valence electrons. The van der Waals surface area contributed by atoms with Crippen molar-refractivity contribution in [3.8, 4) is 5.75 Å². The molecular formula is C19H16N2O6. The Balaban J connectivity index is 1.75. The topological polar surface area (TPSA) is 118 Å². The van der Waals surface area contributed by atoms with Gasteiger partial charge >= 0.3 is 5.63 Å². The van der Waals surface area contributed by atoms with Gasteiger partial charge in [0, 0.05) is 23.6 Å². The number of ether oxygens (including phenoxy) is 1. The lowest BCUT2D eigenvalue weighted by Crippen LogP contribution is -2.27. The maximum atomic E-state index is 12.3. The molecule has 0 bridgehead atoms. The fourth-order valence-electron chi connectivity index (χ4n) is 2.49. The number of benzene rings is 2. The zero-order chi connectivity index (χ0) is 19.4. The summed E-state index contributed by atoms with van der Waals surface area (Å²) >= 11 is 0. The molecule has 0 saturated heterocycles. The van der Waals surface area contributed by atoms with Gasteiger partial charge in [-0.15, -0.1) is 0 Å². The van der Waals surface area contributed by atoms with Gasteiger partial charge in [-0.2, -0.15) is 0 Å². The van der Waals surface area contributed by atoms with E-state index in [1.54, 1.807) is 30.3 Å². The quantitative estimate of drug-likeness (QED) is 0.359. The van der Waals surface area contributed by atoms with Gasteiger partial charge in [-0.25, -0.2) is 10.3 Å². The smallest absolute Gasteiger partial charge is 0.349 e. The molecule has 0 radical (unpaired) electrons. The lowest BCUT2D eigenvalue weighted by atomic mass is 10.1. The summed E-state index contributed by atoms with van der Waals surface area (Å²) in [5.41, 5.74) is 2.00. The first kappa shape index (κ1) is 18.2. The van der Waals surface area contributed by atoms with E-state index in [0.717, 1.165) is 0 Å². The van der Waals surface area contributed by atoms with Gasteiger partial charge in [-0.3, -0.25) is 14.8 Å². The minimum absolute atomic E-state index is 0.107. The lowest BCUT2D eigenvalue weighted by Gasteiger charge is -2.07. The van der Waals surface area contributed by atoms with Crippen LogP contribution < -0.4 is 21.2 Å². The second-order valence-electron chi connectivity index (χ2n) is 5.67. The minimum atomic E-state index is -0.747. The first-order valence-electron chi connectivity index (χ1n) is 7.95. The van der Waals surface area contributed by atoms with E-state index in [-0.39, 0.29) is 17.7 Å². The predicted molar refractivity (Wildman–Crippen MR) is 95.9 cm³/mol. The summed E-state index contributed by atoms with van der Waals surface area (Å²) in [6.07, 6.45) is 0. The van der Waals surface area contributed by atoms with Crippen LogP contribution in [0.3, 0.4) is 0 Å². The molecule has 2 aromatic carbocycles.